The first kappa shape index (κ1) is 16.3. The standard InChI is InChI=1S/C21H16Br2N2O/c22-15-9-11(10-16(23)21(15)26)20-13-4-2-1-3-12(13)19-14-7-8-24-17(14)5-6-18(19)25-20/h5-10,25-26H,1-4H2. The second-order valence-electron chi connectivity index (χ2n) is 6.82. The molecule has 2 heterocycles. The maximum Gasteiger partial charge on any atom is 0.143 e. The van der Waals surface area contributed by atoms with Gasteiger partial charge in [-0.25, -0.2) is 0 Å². The largest absolute Gasteiger partial charge is 0.506 e. The molecule has 0 aliphatic heterocycles. The number of fused-ring (bicyclic) bond motifs is 5. The molecule has 2 aromatic carbocycles. The molecular weight excluding hydrogens is 456 g/mol. The maximum absolute atomic E-state index is 10.1. The van der Waals surface area contributed by atoms with E-state index in [1.54, 1.807) is 0 Å². The van der Waals surface area contributed by atoms with E-state index in [-0.39, 0.29) is 5.75 Å². The van der Waals surface area contributed by atoms with Crippen LogP contribution in [0.1, 0.15) is 24.0 Å². The van der Waals surface area contributed by atoms with Crippen molar-refractivity contribution in [2.24, 2.45) is 0 Å². The van der Waals surface area contributed by atoms with Gasteiger partial charge in [-0.3, -0.25) is 4.98 Å². The van der Waals surface area contributed by atoms with Gasteiger partial charge >= 0.3 is 0 Å². The summed E-state index contributed by atoms with van der Waals surface area (Å²) in [4.78, 5) is 8.15. The van der Waals surface area contributed by atoms with Crippen LogP contribution in [0.15, 0.2) is 45.5 Å². The first-order chi connectivity index (χ1) is 12.6. The van der Waals surface area contributed by atoms with E-state index in [0.717, 1.165) is 35.1 Å². The normalized spacial score (nSPS) is 14.1. The van der Waals surface area contributed by atoms with E-state index in [0.29, 0.717) is 8.95 Å². The van der Waals surface area contributed by atoms with E-state index in [4.69, 9.17) is 0 Å². The zero-order valence-corrected chi connectivity index (χ0v) is 17.1. The third kappa shape index (κ3) is 2.41. The highest BCUT2D eigenvalue weighted by Gasteiger charge is 2.21. The fourth-order valence-corrected chi connectivity index (χ4v) is 5.32. The van der Waals surface area contributed by atoms with Crippen molar-refractivity contribution in [1.82, 2.24) is 9.97 Å². The second kappa shape index (κ2) is 6.10. The zero-order valence-electron chi connectivity index (χ0n) is 13.9. The average molecular weight is 472 g/mol. The molecule has 1 aliphatic carbocycles. The summed E-state index contributed by atoms with van der Waals surface area (Å²) in [5, 5.41) is 12.6. The monoisotopic (exact) mass is 470 g/mol. The number of hydrogen-bond donors (Lipinski definition) is 2. The van der Waals surface area contributed by atoms with Gasteiger partial charge in [-0.2, -0.15) is 0 Å². The molecule has 2 aromatic heterocycles. The number of pyridine rings is 1. The molecule has 0 saturated heterocycles. The van der Waals surface area contributed by atoms with Gasteiger partial charge in [0.15, 0.2) is 0 Å². The van der Waals surface area contributed by atoms with Crippen LogP contribution in [0.3, 0.4) is 0 Å². The van der Waals surface area contributed by atoms with E-state index in [2.05, 4.69) is 60.0 Å². The van der Waals surface area contributed by atoms with Crippen molar-refractivity contribution in [2.75, 3.05) is 0 Å². The molecule has 0 spiro atoms. The average Bonchev–Trinajstić information content (AvgIpc) is 3.13. The first-order valence-corrected chi connectivity index (χ1v) is 10.3. The lowest BCUT2D eigenvalue weighted by molar-refractivity contribution is 0.468. The van der Waals surface area contributed by atoms with Crippen LogP contribution in [0.25, 0.3) is 33.1 Å². The molecular formula is C21H16Br2N2O. The van der Waals surface area contributed by atoms with Crippen molar-refractivity contribution in [3.05, 3.63) is 56.6 Å². The summed E-state index contributed by atoms with van der Waals surface area (Å²) < 4.78 is 1.38. The van der Waals surface area contributed by atoms with Gasteiger partial charge in [-0.05, 0) is 99.0 Å². The quantitative estimate of drug-likeness (QED) is 0.333. The van der Waals surface area contributed by atoms with Crippen LogP contribution in [0.2, 0.25) is 0 Å². The predicted octanol–water partition coefficient (Wildman–Crippen LogP) is 6.49. The van der Waals surface area contributed by atoms with E-state index in [1.807, 2.05) is 18.3 Å². The minimum absolute atomic E-state index is 0.230. The number of benzene rings is 2. The van der Waals surface area contributed by atoms with Gasteiger partial charge < -0.3 is 10.1 Å². The number of H-pyrrole nitrogens is 1. The number of rotatable bonds is 1. The Balaban J connectivity index is 1.88. The molecule has 1 aliphatic rings. The Morgan fingerprint density at radius 3 is 2.46 bits per heavy atom. The van der Waals surface area contributed by atoms with Crippen LogP contribution >= 0.6 is 31.9 Å². The van der Waals surface area contributed by atoms with Crippen molar-refractivity contribution in [3.8, 4) is 17.0 Å². The van der Waals surface area contributed by atoms with E-state index < -0.39 is 0 Å². The Kier molecular flexibility index (Phi) is 3.83. The number of aromatic amines is 1. The Hall–Kier alpha value is -1.85. The van der Waals surface area contributed by atoms with Gasteiger partial charge in [0.25, 0.3) is 0 Å². The number of nitrogens with zero attached hydrogens (tertiary/aromatic N) is 1. The Bertz CT molecular complexity index is 1160. The molecule has 0 saturated carbocycles. The van der Waals surface area contributed by atoms with Crippen molar-refractivity contribution in [3.63, 3.8) is 0 Å². The molecule has 0 fully saturated rings. The lowest BCUT2D eigenvalue weighted by atomic mass is 9.85. The topological polar surface area (TPSA) is 48.9 Å². The van der Waals surface area contributed by atoms with Crippen LogP contribution in [-0.2, 0) is 12.8 Å². The fourth-order valence-electron chi connectivity index (χ4n) is 4.13. The molecule has 26 heavy (non-hydrogen) atoms. The molecule has 130 valence electrons. The van der Waals surface area contributed by atoms with Crippen LogP contribution in [0.5, 0.6) is 5.75 Å². The van der Waals surface area contributed by atoms with Crippen molar-refractivity contribution in [2.45, 2.75) is 25.7 Å². The first-order valence-electron chi connectivity index (χ1n) is 8.73. The lowest BCUT2D eigenvalue weighted by Crippen LogP contribution is -2.08. The Morgan fingerprint density at radius 2 is 1.69 bits per heavy atom. The summed E-state index contributed by atoms with van der Waals surface area (Å²) in [6, 6.07) is 10.3. The highest BCUT2D eigenvalue weighted by Crippen LogP contribution is 2.41. The second-order valence-corrected chi connectivity index (χ2v) is 8.53. The molecule has 5 rings (SSSR count). The molecule has 0 radical (unpaired) electrons. The van der Waals surface area contributed by atoms with E-state index >= 15 is 0 Å². The summed E-state index contributed by atoms with van der Waals surface area (Å²) in [5.41, 5.74) is 7.25. The van der Waals surface area contributed by atoms with Crippen molar-refractivity contribution < 1.29 is 5.11 Å². The Morgan fingerprint density at radius 1 is 0.962 bits per heavy atom. The van der Waals surface area contributed by atoms with Gasteiger partial charge in [-0.15, -0.1) is 0 Å². The van der Waals surface area contributed by atoms with Gasteiger partial charge in [-0.1, -0.05) is 0 Å². The summed E-state index contributed by atoms with van der Waals surface area (Å²) in [6.45, 7) is 0. The minimum atomic E-state index is 0.230. The third-order valence-corrected chi connectivity index (χ3v) is 6.52. The number of hydrogen-bond acceptors (Lipinski definition) is 2. The molecule has 3 nitrogen and oxygen atoms in total. The predicted molar refractivity (Wildman–Crippen MR) is 113 cm³/mol. The maximum atomic E-state index is 10.1. The zero-order chi connectivity index (χ0) is 17.8. The van der Waals surface area contributed by atoms with Gasteiger partial charge in [0, 0.05) is 33.7 Å². The lowest BCUT2D eigenvalue weighted by Gasteiger charge is -2.23. The van der Waals surface area contributed by atoms with Crippen molar-refractivity contribution in [1.29, 1.82) is 0 Å². The minimum Gasteiger partial charge on any atom is -0.506 e. The van der Waals surface area contributed by atoms with E-state index in [1.165, 1.54) is 34.7 Å². The number of phenolic OH excluding ortho intramolecular Hbond substituents is 1. The SMILES string of the molecule is Oc1c(Br)cc(-c2[nH]c3ccc4nccc4c3c3c2CCCC3)cc1Br. The Labute approximate surface area is 167 Å². The van der Waals surface area contributed by atoms with Gasteiger partial charge in [0.2, 0.25) is 0 Å². The van der Waals surface area contributed by atoms with Crippen molar-refractivity contribution >= 4 is 53.7 Å². The number of aromatic nitrogens is 2. The highest BCUT2D eigenvalue weighted by atomic mass is 79.9. The number of aromatic hydroxyl groups is 1. The highest BCUT2D eigenvalue weighted by molar-refractivity contribution is 9.11. The molecule has 0 unspecified atom stereocenters. The summed E-state index contributed by atoms with van der Waals surface area (Å²) in [7, 11) is 0. The number of halogens is 2. The van der Waals surface area contributed by atoms with Crippen LogP contribution < -0.4 is 0 Å². The molecule has 0 amide bonds. The number of phenols is 1. The molecule has 0 atom stereocenters. The van der Waals surface area contributed by atoms with E-state index in [9.17, 15) is 5.11 Å². The van der Waals surface area contributed by atoms with Crippen LogP contribution in [-0.4, -0.2) is 15.1 Å². The van der Waals surface area contributed by atoms with Gasteiger partial charge in [0.1, 0.15) is 5.75 Å². The molecule has 0 bridgehead atoms. The summed E-state index contributed by atoms with van der Waals surface area (Å²) in [5.74, 6) is 0.230. The van der Waals surface area contributed by atoms with Crippen LogP contribution in [0, 0.1) is 0 Å². The summed E-state index contributed by atoms with van der Waals surface area (Å²) >= 11 is 6.93. The molecule has 2 N–H and O–H groups in total. The van der Waals surface area contributed by atoms with Crippen LogP contribution in [0.4, 0.5) is 0 Å². The summed E-state index contributed by atoms with van der Waals surface area (Å²) in [6.07, 6.45) is 6.48. The fraction of sp³-hybridized carbons (Fsp3) is 0.190. The number of aryl methyl sites for hydroxylation is 1. The third-order valence-electron chi connectivity index (χ3n) is 5.31. The smallest absolute Gasteiger partial charge is 0.143 e. The van der Waals surface area contributed by atoms with Gasteiger partial charge in [0.05, 0.1) is 14.5 Å². The number of nitrogens with one attached hydrogen (secondary N) is 1. The molecule has 4 aromatic rings. The molecule has 5 heteroatoms.